The van der Waals surface area contributed by atoms with Crippen molar-refractivity contribution in [2.24, 2.45) is 5.92 Å². The molecule has 2 aromatic rings. The fraction of sp³-hybridized carbons (Fsp3) is 0.292. The molecule has 0 radical (unpaired) electrons. The topological polar surface area (TPSA) is 122 Å². The Kier molecular flexibility index (Phi) is 11.1. The van der Waals surface area contributed by atoms with Crippen LogP contribution >= 0.6 is 34.2 Å². The van der Waals surface area contributed by atoms with E-state index in [1.54, 1.807) is 48.5 Å². The maximum atomic E-state index is 13.1. The van der Waals surface area contributed by atoms with Crippen molar-refractivity contribution in [2.45, 2.75) is 26.2 Å². The molecule has 0 N–H and O–H groups in total. The molecule has 0 fully saturated rings. The summed E-state index contributed by atoms with van der Waals surface area (Å²) in [5, 5.41) is 0.405. The molecule has 0 saturated heterocycles. The summed E-state index contributed by atoms with van der Waals surface area (Å²) in [5.41, 5.74) is 0.817. The summed E-state index contributed by atoms with van der Waals surface area (Å²) >= 11 is 8.09. The van der Waals surface area contributed by atoms with E-state index < -0.39 is 49.3 Å². The molecular weight excluding hydrogens is 595 g/mol. The van der Waals surface area contributed by atoms with Gasteiger partial charge in [0, 0.05) is 40.3 Å². The van der Waals surface area contributed by atoms with Gasteiger partial charge < -0.3 is 18.9 Å². The average Bonchev–Trinajstić information content (AvgIpc) is 2.79. The second kappa shape index (κ2) is 13.8. The van der Waals surface area contributed by atoms with Crippen LogP contribution in [0.25, 0.3) is 0 Å². The second-order valence-electron chi connectivity index (χ2n) is 7.20. The fourth-order valence-electron chi connectivity index (χ4n) is 3.04. The van der Waals surface area contributed by atoms with Crippen LogP contribution in [0.2, 0.25) is 5.02 Å². The normalized spacial score (nSPS) is 11.3. The predicted molar refractivity (Wildman–Crippen MR) is 131 cm³/mol. The van der Waals surface area contributed by atoms with Gasteiger partial charge in [0.15, 0.2) is 11.7 Å². The molecule has 0 bridgehead atoms. The number of Topliss-reactive ketones (excluding diaryl/α,β-unsaturated/α-hetero) is 1. The lowest BCUT2D eigenvalue weighted by Gasteiger charge is -2.24. The molecule has 2 rings (SSSR count). The number of carbonyl (C=O) groups excluding carboxylic acids is 5. The molecule has 2 aromatic carbocycles. The van der Waals surface area contributed by atoms with E-state index in [9.17, 15) is 24.0 Å². The fourth-order valence-corrected chi connectivity index (χ4v) is 3.52. The molecule has 0 amide bonds. The van der Waals surface area contributed by atoms with Crippen LogP contribution in [0.15, 0.2) is 48.5 Å². The van der Waals surface area contributed by atoms with Gasteiger partial charge in [-0.2, -0.15) is 0 Å². The highest BCUT2D eigenvalue weighted by atomic mass is 127. The average molecular weight is 617 g/mol. The summed E-state index contributed by atoms with van der Waals surface area (Å²) < 4.78 is 20.1. The second-order valence-corrected chi connectivity index (χ2v) is 8.89. The zero-order valence-electron chi connectivity index (χ0n) is 18.8. The number of ether oxygens (including phenoxy) is 4. The van der Waals surface area contributed by atoms with Gasteiger partial charge in [-0.15, -0.1) is 0 Å². The quantitative estimate of drug-likeness (QED) is 0.121. The minimum atomic E-state index is -1.64. The number of benzene rings is 2. The number of ketones is 1. The number of esters is 4. The van der Waals surface area contributed by atoms with Crippen LogP contribution < -0.4 is 0 Å². The Morgan fingerprint density at radius 1 is 0.771 bits per heavy atom. The summed E-state index contributed by atoms with van der Waals surface area (Å²) in [6.07, 6.45) is -0.266. The molecule has 1 unspecified atom stereocenters. The largest absolute Gasteiger partial charge is 0.428 e. The van der Waals surface area contributed by atoms with Crippen molar-refractivity contribution in [1.82, 2.24) is 0 Å². The molecule has 11 heteroatoms. The molecule has 0 heterocycles. The van der Waals surface area contributed by atoms with E-state index in [0.717, 1.165) is 17.4 Å². The van der Waals surface area contributed by atoms with Crippen molar-refractivity contribution in [2.75, 3.05) is 13.6 Å². The Labute approximate surface area is 220 Å². The smallest absolute Gasteiger partial charge is 0.323 e. The maximum absolute atomic E-state index is 13.1. The highest BCUT2D eigenvalue weighted by Gasteiger charge is 2.40. The van der Waals surface area contributed by atoms with Crippen LogP contribution in [0, 0.1) is 9.49 Å². The maximum Gasteiger partial charge on any atom is 0.323 e. The molecule has 0 aliphatic heterocycles. The van der Waals surface area contributed by atoms with Gasteiger partial charge in [-0.05, 0) is 52.4 Å². The third kappa shape index (κ3) is 9.29. The van der Waals surface area contributed by atoms with Gasteiger partial charge in [-0.1, -0.05) is 35.9 Å². The lowest BCUT2D eigenvalue weighted by Crippen LogP contribution is -2.35. The number of hydrogen-bond acceptors (Lipinski definition) is 9. The van der Waals surface area contributed by atoms with Gasteiger partial charge in [-0.25, -0.2) is 0 Å². The van der Waals surface area contributed by atoms with Crippen molar-refractivity contribution >= 4 is 63.9 Å². The number of rotatable bonds is 11. The van der Waals surface area contributed by atoms with Crippen molar-refractivity contribution in [3.63, 3.8) is 0 Å². The minimum Gasteiger partial charge on any atom is -0.428 e. The van der Waals surface area contributed by atoms with E-state index in [0.29, 0.717) is 16.1 Å². The molecule has 0 aliphatic rings. The summed E-state index contributed by atoms with van der Waals surface area (Å²) in [6, 6.07) is 13.0. The Morgan fingerprint density at radius 3 is 1.71 bits per heavy atom. The van der Waals surface area contributed by atoms with Gasteiger partial charge >= 0.3 is 23.9 Å². The SMILES string of the molecule is CC(=O)OCOC(=O)C(C(=O)OCOC(C)=O)C(CC(=O)c1ccc(I)cc1)c1ccc(Cl)cc1. The Hall–Kier alpha value is -2.99. The molecule has 0 spiro atoms. The van der Waals surface area contributed by atoms with Crippen molar-refractivity contribution in [1.29, 1.82) is 0 Å². The number of hydrogen-bond donors (Lipinski definition) is 0. The lowest BCUT2D eigenvalue weighted by molar-refractivity contribution is -0.179. The summed E-state index contributed by atoms with van der Waals surface area (Å²) in [4.78, 5) is 61.1. The minimum absolute atomic E-state index is 0.266. The third-order valence-corrected chi connectivity index (χ3v) is 5.68. The lowest BCUT2D eigenvalue weighted by atomic mass is 9.81. The Balaban J connectivity index is 2.41. The molecule has 0 saturated carbocycles. The van der Waals surface area contributed by atoms with Crippen molar-refractivity contribution < 1.29 is 42.9 Å². The van der Waals surface area contributed by atoms with E-state index in [1.807, 2.05) is 0 Å². The summed E-state index contributed by atoms with van der Waals surface area (Å²) in [5.74, 6) is -6.59. The number of halogens is 2. The van der Waals surface area contributed by atoms with Crippen LogP contribution in [0.1, 0.15) is 42.1 Å². The van der Waals surface area contributed by atoms with Crippen molar-refractivity contribution in [3.8, 4) is 0 Å². The third-order valence-electron chi connectivity index (χ3n) is 4.71. The van der Waals surface area contributed by atoms with Crippen molar-refractivity contribution in [3.05, 3.63) is 68.3 Å². The van der Waals surface area contributed by atoms with E-state index in [-0.39, 0.29) is 12.2 Å². The van der Waals surface area contributed by atoms with Gasteiger partial charge in [0.05, 0.1) is 0 Å². The van der Waals surface area contributed by atoms with E-state index in [1.165, 1.54) is 0 Å². The first-order valence-corrected chi connectivity index (χ1v) is 11.7. The standard InChI is InChI=1S/C24H22ClIO9/c1-14(27)32-12-34-23(30)22(24(31)35-13-33-15(2)28)20(16-3-7-18(25)8-4-16)11-21(29)17-5-9-19(26)10-6-17/h3-10,20,22H,11-13H2,1-2H3. The first-order chi connectivity index (χ1) is 16.6. The van der Waals surface area contributed by atoms with Crippen LogP contribution in [0.4, 0.5) is 0 Å². The van der Waals surface area contributed by atoms with Gasteiger partial charge in [0.2, 0.25) is 13.6 Å². The monoisotopic (exact) mass is 616 g/mol. The van der Waals surface area contributed by atoms with E-state index in [4.69, 9.17) is 21.1 Å². The van der Waals surface area contributed by atoms with Gasteiger partial charge in [-0.3, -0.25) is 24.0 Å². The molecular formula is C24H22ClIO9. The van der Waals surface area contributed by atoms with E-state index >= 15 is 0 Å². The van der Waals surface area contributed by atoms with Gasteiger partial charge in [0.1, 0.15) is 0 Å². The molecule has 0 aliphatic carbocycles. The first kappa shape index (κ1) is 28.2. The van der Waals surface area contributed by atoms with Crippen LogP contribution in [0.5, 0.6) is 0 Å². The molecule has 186 valence electrons. The molecule has 0 aromatic heterocycles. The molecule has 1 atom stereocenters. The zero-order valence-corrected chi connectivity index (χ0v) is 21.7. The molecule has 35 heavy (non-hydrogen) atoms. The van der Waals surface area contributed by atoms with E-state index in [2.05, 4.69) is 32.1 Å². The summed E-state index contributed by atoms with van der Waals surface area (Å²) in [7, 11) is 0. The number of carbonyl (C=O) groups is 5. The highest BCUT2D eigenvalue weighted by molar-refractivity contribution is 14.1. The summed E-state index contributed by atoms with van der Waals surface area (Å²) in [6.45, 7) is 0.768. The Morgan fingerprint density at radius 2 is 1.26 bits per heavy atom. The molecule has 9 nitrogen and oxygen atoms in total. The van der Waals surface area contributed by atoms with Gasteiger partial charge in [0.25, 0.3) is 0 Å². The zero-order chi connectivity index (χ0) is 26.0. The first-order valence-electron chi connectivity index (χ1n) is 10.2. The van der Waals surface area contributed by atoms with Crippen LogP contribution in [0.3, 0.4) is 0 Å². The highest BCUT2D eigenvalue weighted by Crippen LogP contribution is 2.33. The van der Waals surface area contributed by atoms with Crippen LogP contribution in [-0.4, -0.2) is 43.2 Å². The predicted octanol–water partition coefficient (Wildman–Crippen LogP) is 4.05. The Bertz CT molecular complexity index is 1040. The van der Waals surface area contributed by atoms with Crippen LogP contribution in [-0.2, 0) is 38.1 Å².